The number of ketones is 1. The molecule has 0 aromatic carbocycles. The molecule has 0 aromatic rings. The molecule has 0 amide bonds. The highest BCUT2D eigenvalue weighted by molar-refractivity contribution is 8.21. The third-order valence-electron chi connectivity index (χ3n) is 4.70. The Bertz CT molecular complexity index is 404. The normalized spacial score (nSPS) is 29.7. The zero-order chi connectivity index (χ0) is 13.0. The van der Waals surface area contributed by atoms with E-state index in [4.69, 9.17) is 4.74 Å². The number of rotatable bonds is 4. The summed E-state index contributed by atoms with van der Waals surface area (Å²) in [6.45, 7) is 1.70. The SMILES string of the molecule is COC(=O)C1(C2(C3(C(C)=O)CC3)SCCS2)CC1. The maximum Gasteiger partial charge on any atom is 0.314 e. The Labute approximate surface area is 116 Å². The summed E-state index contributed by atoms with van der Waals surface area (Å²) in [6.07, 6.45) is 3.66. The first-order chi connectivity index (χ1) is 8.55. The van der Waals surface area contributed by atoms with E-state index in [2.05, 4.69) is 0 Å². The number of Topliss-reactive ketones (excluding diaryl/α,β-unsaturated/α-hetero) is 1. The lowest BCUT2D eigenvalue weighted by Gasteiger charge is -2.40. The largest absolute Gasteiger partial charge is 0.469 e. The standard InChI is InChI=1S/C13H18O3S2/c1-9(14)11(3-4-11)13(17-7-8-18-13)12(5-6-12)10(15)16-2/h3-8H2,1-2H3. The lowest BCUT2D eigenvalue weighted by Crippen LogP contribution is -2.48. The second-order valence-electron chi connectivity index (χ2n) is 5.53. The Morgan fingerprint density at radius 3 is 1.83 bits per heavy atom. The van der Waals surface area contributed by atoms with Gasteiger partial charge in [0, 0.05) is 11.5 Å². The summed E-state index contributed by atoms with van der Waals surface area (Å²) in [5, 5.41) is 0. The van der Waals surface area contributed by atoms with Crippen LogP contribution in [0.2, 0.25) is 0 Å². The Hall–Kier alpha value is -0.160. The van der Waals surface area contributed by atoms with Crippen molar-refractivity contribution in [3.8, 4) is 0 Å². The van der Waals surface area contributed by atoms with Gasteiger partial charge in [0.05, 0.1) is 22.0 Å². The molecular weight excluding hydrogens is 268 g/mol. The van der Waals surface area contributed by atoms with Crippen LogP contribution in [0.15, 0.2) is 0 Å². The van der Waals surface area contributed by atoms with Crippen molar-refractivity contribution >= 4 is 35.3 Å². The summed E-state index contributed by atoms with van der Waals surface area (Å²) >= 11 is 3.68. The summed E-state index contributed by atoms with van der Waals surface area (Å²) in [4.78, 5) is 24.4. The minimum absolute atomic E-state index is 0.100. The molecule has 2 saturated carbocycles. The van der Waals surface area contributed by atoms with E-state index < -0.39 is 5.41 Å². The van der Waals surface area contributed by atoms with E-state index in [1.807, 2.05) is 23.5 Å². The van der Waals surface area contributed by atoms with Crippen molar-refractivity contribution in [2.24, 2.45) is 10.8 Å². The molecule has 18 heavy (non-hydrogen) atoms. The average molecular weight is 286 g/mol. The number of carbonyl (C=O) groups is 2. The fourth-order valence-electron chi connectivity index (χ4n) is 3.45. The van der Waals surface area contributed by atoms with Crippen LogP contribution in [0, 0.1) is 10.8 Å². The Morgan fingerprint density at radius 2 is 1.50 bits per heavy atom. The summed E-state index contributed by atoms with van der Waals surface area (Å²) in [5.41, 5.74) is -0.653. The smallest absolute Gasteiger partial charge is 0.314 e. The molecule has 5 heteroatoms. The maximum atomic E-state index is 12.2. The van der Waals surface area contributed by atoms with Crippen LogP contribution < -0.4 is 0 Å². The molecule has 2 aliphatic carbocycles. The Kier molecular flexibility index (Phi) is 2.80. The summed E-state index contributed by atoms with van der Waals surface area (Å²) < 4.78 is 4.80. The number of hydrogen-bond acceptors (Lipinski definition) is 5. The van der Waals surface area contributed by atoms with E-state index in [0.29, 0.717) is 0 Å². The van der Waals surface area contributed by atoms with Crippen molar-refractivity contribution < 1.29 is 14.3 Å². The lowest BCUT2D eigenvalue weighted by molar-refractivity contribution is -0.148. The van der Waals surface area contributed by atoms with E-state index in [1.165, 1.54) is 7.11 Å². The summed E-state index contributed by atoms with van der Waals surface area (Å²) in [6, 6.07) is 0. The molecular formula is C13H18O3S2. The number of esters is 1. The average Bonchev–Trinajstić information content (AvgIpc) is 3.28. The molecule has 3 fully saturated rings. The van der Waals surface area contributed by atoms with Crippen LogP contribution in [0.1, 0.15) is 32.6 Å². The van der Waals surface area contributed by atoms with Crippen LogP contribution in [-0.4, -0.2) is 34.4 Å². The Morgan fingerprint density at radius 1 is 1.00 bits per heavy atom. The minimum Gasteiger partial charge on any atom is -0.469 e. The van der Waals surface area contributed by atoms with Gasteiger partial charge in [0.2, 0.25) is 0 Å². The molecule has 1 saturated heterocycles. The van der Waals surface area contributed by atoms with Gasteiger partial charge in [-0.25, -0.2) is 0 Å². The van der Waals surface area contributed by atoms with Gasteiger partial charge in [0.15, 0.2) is 0 Å². The van der Waals surface area contributed by atoms with Gasteiger partial charge >= 0.3 is 5.97 Å². The third kappa shape index (κ3) is 1.35. The molecule has 0 radical (unpaired) electrons. The van der Waals surface area contributed by atoms with Crippen molar-refractivity contribution in [1.82, 2.24) is 0 Å². The molecule has 0 atom stereocenters. The first kappa shape index (κ1) is 12.9. The van der Waals surface area contributed by atoms with Gasteiger partial charge in [0.1, 0.15) is 5.78 Å². The van der Waals surface area contributed by atoms with E-state index in [-0.39, 0.29) is 21.2 Å². The zero-order valence-corrected chi connectivity index (χ0v) is 12.4. The van der Waals surface area contributed by atoms with Gasteiger partial charge in [-0.3, -0.25) is 9.59 Å². The number of methoxy groups -OCH3 is 1. The van der Waals surface area contributed by atoms with Crippen LogP contribution in [0.25, 0.3) is 0 Å². The van der Waals surface area contributed by atoms with Crippen LogP contribution >= 0.6 is 23.5 Å². The monoisotopic (exact) mass is 286 g/mol. The van der Waals surface area contributed by atoms with E-state index in [9.17, 15) is 9.59 Å². The van der Waals surface area contributed by atoms with Gasteiger partial charge in [-0.1, -0.05) is 0 Å². The quantitative estimate of drug-likeness (QED) is 0.743. The van der Waals surface area contributed by atoms with Crippen molar-refractivity contribution in [1.29, 1.82) is 0 Å². The van der Waals surface area contributed by atoms with Crippen molar-refractivity contribution in [2.75, 3.05) is 18.6 Å². The van der Waals surface area contributed by atoms with Crippen LogP contribution in [0.5, 0.6) is 0 Å². The number of carbonyl (C=O) groups excluding carboxylic acids is 2. The zero-order valence-electron chi connectivity index (χ0n) is 10.8. The number of ether oxygens (including phenoxy) is 1. The number of hydrogen-bond donors (Lipinski definition) is 0. The lowest BCUT2D eigenvalue weighted by atomic mass is 9.85. The van der Waals surface area contributed by atoms with Crippen molar-refractivity contribution in [2.45, 2.75) is 36.7 Å². The van der Waals surface area contributed by atoms with Crippen LogP contribution in [0.3, 0.4) is 0 Å². The fourth-order valence-corrected chi connectivity index (χ4v) is 7.90. The van der Waals surface area contributed by atoms with Crippen LogP contribution in [-0.2, 0) is 14.3 Å². The molecule has 0 bridgehead atoms. The summed E-state index contributed by atoms with van der Waals surface area (Å²) in [7, 11) is 1.47. The highest BCUT2D eigenvalue weighted by atomic mass is 32.2. The van der Waals surface area contributed by atoms with Crippen molar-refractivity contribution in [3.63, 3.8) is 0 Å². The van der Waals surface area contributed by atoms with Gasteiger partial charge < -0.3 is 4.74 Å². The maximum absolute atomic E-state index is 12.2. The third-order valence-corrected chi connectivity index (χ3v) is 8.86. The fraction of sp³-hybridized carbons (Fsp3) is 0.846. The second-order valence-corrected chi connectivity index (χ2v) is 8.40. The minimum atomic E-state index is -0.393. The van der Waals surface area contributed by atoms with E-state index in [1.54, 1.807) is 6.92 Å². The molecule has 0 aromatic heterocycles. The molecule has 0 unspecified atom stereocenters. The molecule has 0 N–H and O–H groups in total. The molecule has 3 aliphatic rings. The molecule has 0 spiro atoms. The highest BCUT2D eigenvalue weighted by Gasteiger charge is 2.78. The summed E-state index contributed by atoms with van der Waals surface area (Å²) in [5.74, 6) is 2.24. The first-order valence-corrected chi connectivity index (χ1v) is 8.39. The predicted octanol–water partition coefficient (Wildman–Crippen LogP) is 2.49. The molecule has 3 rings (SSSR count). The predicted molar refractivity (Wildman–Crippen MR) is 73.7 cm³/mol. The molecule has 1 heterocycles. The van der Waals surface area contributed by atoms with E-state index in [0.717, 1.165) is 37.2 Å². The second kappa shape index (κ2) is 3.92. The molecule has 100 valence electrons. The van der Waals surface area contributed by atoms with Gasteiger partial charge in [-0.2, -0.15) is 0 Å². The van der Waals surface area contributed by atoms with Gasteiger partial charge in [-0.05, 0) is 32.6 Å². The van der Waals surface area contributed by atoms with Crippen molar-refractivity contribution in [3.05, 3.63) is 0 Å². The number of thioether (sulfide) groups is 2. The molecule has 1 aliphatic heterocycles. The topological polar surface area (TPSA) is 43.4 Å². The van der Waals surface area contributed by atoms with Gasteiger partial charge in [0.25, 0.3) is 0 Å². The van der Waals surface area contributed by atoms with Crippen LogP contribution in [0.4, 0.5) is 0 Å². The molecule has 3 nitrogen and oxygen atoms in total. The first-order valence-electron chi connectivity index (χ1n) is 6.42. The van der Waals surface area contributed by atoms with E-state index >= 15 is 0 Å². The van der Waals surface area contributed by atoms with Gasteiger partial charge in [-0.15, -0.1) is 23.5 Å². The Balaban J connectivity index is 2.03. The highest BCUT2D eigenvalue weighted by Crippen LogP contribution is 2.78.